The van der Waals surface area contributed by atoms with Crippen molar-refractivity contribution in [2.45, 2.75) is 25.9 Å². The molecule has 0 amide bonds. The molecule has 0 heterocycles. The fraction of sp³-hybridized carbons (Fsp3) is 0.385. The van der Waals surface area contributed by atoms with Crippen molar-refractivity contribution in [2.75, 3.05) is 0 Å². The van der Waals surface area contributed by atoms with E-state index < -0.39 is 6.10 Å². The fourth-order valence-corrected chi connectivity index (χ4v) is 1.40. The lowest BCUT2D eigenvalue weighted by Gasteiger charge is -2.06. The summed E-state index contributed by atoms with van der Waals surface area (Å²) >= 11 is 0. The van der Waals surface area contributed by atoms with E-state index in [1.165, 1.54) is 12.8 Å². The molecule has 1 heteroatoms. The van der Waals surface area contributed by atoms with Gasteiger partial charge in [-0.3, -0.25) is 0 Å². The lowest BCUT2D eigenvalue weighted by Crippen LogP contribution is -1.96. The molecule has 0 radical (unpaired) electrons. The van der Waals surface area contributed by atoms with E-state index in [0.29, 0.717) is 5.92 Å². The molecule has 2 rings (SSSR count). The van der Waals surface area contributed by atoms with Crippen LogP contribution >= 0.6 is 0 Å². The first-order chi connectivity index (χ1) is 6.77. The third-order valence-electron chi connectivity index (χ3n) is 2.48. The van der Waals surface area contributed by atoms with Crippen molar-refractivity contribution in [3.8, 4) is 11.8 Å². The van der Waals surface area contributed by atoms with Crippen molar-refractivity contribution in [1.82, 2.24) is 0 Å². The SMILES string of the molecule is Cc1ccccc1C(O)C#CC1CC1. The highest BCUT2D eigenvalue weighted by Crippen LogP contribution is 2.28. The van der Waals surface area contributed by atoms with Crippen LogP contribution in [0.3, 0.4) is 0 Å². The lowest BCUT2D eigenvalue weighted by molar-refractivity contribution is 0.237. The first-order valence-electron chi connectivity index (χ1n) is 5.02. The molecule has 1 unspecified atom stereocenters. The van der Waals surface area contributed by atoms with E-state index in [0.717, 1.165) is 11.1 Å². The highest BCUT2D eigenvalue weighted by molar-refractivity contribution is 5.32. The molecular formula is C13H14O. The van der Waals surface area contributed by atoms with Crippen LogP contribution in [0.2, 0.25) is 0 Å². The van der Waals surface area contributed by atoms with Gasteiger partial charge in [0.05, 0.1) is 0 Å². The summed E-state index contributed by atoms with van der Waals surface area (Å²) in [5.74, 6) is 6.54. The molecule has 1 aliphatic carbocycles. The smallest absolute Gasteiger partial charge is 0.140 e. The van der Waals surface area contributed by atoms with E-state index in [1.807, 2.05) is 31.2 Å². The van der Waals surface area contributed by atoms with Crippen molar-refractivity contribution in [2.24, 2.45) is 5.92 Å². The highest BCUT2D eigenvalue weighted by atomic mass is 16.3. The summed E-state index contributed by atoms with van der Waals surface area (Å²) in [7, 11) is 0. The van der Waals surface area contributed by atoms with Gasteiger partial charge in [0.25, 0.3) is 0 Å². The molecule has 0 aromatic heterocycles. The lowest BCUT2D eigenvalue weighted by atomic mass is 10.0. The van der Waals surface area contributed by atoms with Gasteiger partial charge in [0.2, 0.25) is 0 Å². The Morgan fingerprint density at radius 3 is 2.71 bits per heavy atom. The number of aryl methyl sites for hydroxylation is 1. The molecule has 0 spiro atoms. The summed E-state index contributed by atoms with van der Waals surface area (Å²) in [5, 5.41) is 9.80. The number of aliphatic hydroxyl groups excluding tert-OH is 1. The molecule has 1 aliphatic rings. The van der Waals surface area contributed by atoms with E-state index in [9.17, 15) is 5.11 Å². The van der Waals surface area contributed by atoms with Gasteiger partial charge in [0.1, 0.15) is 6.10 Å². The Balaban J connectivity index is 2.14. The van der Waals surface area contributed by atoms with Gasteiger partial charge in [-0.15, -0.1) is 0 Å². The van der Waals surface area contributed by atoms with Gasteiger partial charge in [0.15, 0.2) is 0 Å². The van der Waals surface area contributed by atoms with Gasteiger partial charge in [-0.1, -0.05) is 36.1 Å². The van der Waals surface area contributed by atoms with E-state index in [4.69, 9.17) is 0 Å². The second-order valence-electron chi connectivity index (χ2n) is 3.82. The van der Waals surface area contributed by atoms with Crippen LogP contribution in [0, 0.1) is 24.7 Å². The number of hydrogen-bond acceptors (Lipinski definition) is 1. The number of aliphatic hydroxyl groups is 1. The Hall–Kier alpha value is -1.26. The summed E-state index contributed by atoms with van der Waals surface area (Å²) in [6.07, 6.45) is 1.79. The predicted octanol–water partition coefficient (Wildman–Crippen LogP) is 2.44. The third kappa shape index (κ3) is 2.16. The van der Waals surface area contributed by atoms with Crippen LogP contribution in [-0.4, -0.2) is 5.11 Å². The molecular weight excluding hydrogens is 172 g/mol. The van der Waals surface area contributed by atoms with Gasteiger partial charge >= 0.3 is 0 Å². The van der Waals surface area contributed by atoms with Crippen LogP contribution in [0.4, 0.5) is 0 Å². The Morgan fingerprint density at radius 1 is 1.36 bits per heavy atom. The Labute approximate surface area is 84.8 Å². The third-order valence-corrected chi connectivity index (χ3v) is 2.48. The minimum atomic E-state index is -0.614. The highest BCUT2D eigenvalue weighted by Gasteiger charge is 2.18. The van der Waals surface area contributed by atoms with Gasteiger partial charge in [-0.05, 0) is 30.9 Å². The number of rotatable bonds is 1. The minimum absolute atomic E-state index is 0.550. The van der Waals surface area contributed by atoms with Crippen molar-refractivity contribution in [3.63, 3.8) is 0 Å². The topological polar surface area (TPSA) is 20.2 Å². The summed E-state index contributed by atoms with van der Waals surface area (Å²) in [6, 6.07) is 7.84. The van der Waals surface area contributed by atoms with Gasteiger partial charge in [0, 0.05) is 5.92 Å². The molecule has 1 aromatic carbocycles. The summed E-state index contributed by atoms with van der Waals surface area (Å²) in [6.45, 7) is 2.00. The second kappa shape index (κ2) is 3.86. The molecule has 0 saturated heterocycles. The maximum absolute atomic E-state index is 9.80. The van der Waals surface area contributed by atoms with Crippen LogP contribution in [0.25, 0.3) is 0 Å². The van der Waals surface area contributed by atoms with Gasteiger partial charge in [-0.2, -0.15) is 0 Å². The molecule has 72 valence electrons. The molecule has 1 N–H and O–H groups in total. The van der Waals surface area contributed by atoms with Crippen LogP contribution in [0.5, 0.6) is 0 Å². The van der Waals surface area contributed by atoms with Crippen molar-refractivity contribution >= 4 is 0 Å². The van der Waals surface area contributed by atoms with Crippen LogP contribution in [0.1, 0.15) is 30.1 Å². The molecule has 0 aliphatic heterocycles. The molecule has 1 fully saturated rings. The Bertz CT molecular complexity index is 380. The summed E-state index contributed by atoms with van der Waals surface area (Å²) in [5.41, 5.74) is 2.03. The average molecular weight is 186 g/mol. The standard InChI is InChI=1S/C13H14O/c1-10-4-2-3-5-12(10)13(14)9-8-11-6-7-11/h2-5,11,13-14H,6-7H2,1H3. The molecule has 1 nitrogen and oxygen atoms in total. The molecule has 1 aromatic rings. The predicted molar refractivity (Wildman–Crippen MR) is 56.6 cm³/mol. The van der Waals surface area contributed by atoms with E-state index in [2.05, 4.69) is 11.8 Å². The molecule has 1 saturated carbocycles. The zero-order chi connectivity index (χ0) is 9.97. The zero-order valence-electron chi connectivity index (χ0n) is 8.33. The maximum Gasteiger partial charge on any atom is 0.140 e. The first-order valence-corrected chi connectivity index (χ1v) is 5.02. The zero-order valence-corrected chi connectivity index (χ0v) is 8.33. The summed E-state index contributed by atoms with van der Waals surface area (Å²) in [4.78, 5) is 0. The van der Waals surface area contributed by atoms with E-state index in [1.54, 1.807) is 0 Å². The first kappa shape index (κ1) is 9.30. The fourth-order valence-electron chi connectivity index (χ4n) is 1.40. The number of hydrogen-bond donors (Lipinski definition) is 1. The Morgan fingerprint density at radius 2 is 2.07 bits per heavy atom. The van der Waals surface area contributed by atoms with Gasteiger partial charge < -0.3 is 5.11 Å². The summed E-state index contributed by atoms with van der Waals surface area (Å²) < 4.78 is 0. The van der Waals surface area contributed by atoms with Crippen molar-refractivity contribution in [3.05, 3.63) is 35.4 Å². The van der Waals surface area contributed by atoms with Gasteiger partial charge in [-0.25, -0.2) is 0 Å². The van der Waals surface area contributed by atoms with E-state index >= 15 is 0 Å². The normalized spacial score (nSPS) is 17.0. The molecule has 1 atom stereocenters. The monoisotopic (exact) mass is 186 g/mol. The Kier molecular flexibility index (Phi) is 2.56. The molecule has 0 bridgehead atoms. The second-order valence-corrected chi connectivity index (χ2v) is 3.82. The average Bonchev–Trinajstić information content (AvgIpc) is 2.98. The quantitative estimate of drug-likeness (QED) is 0.668. The van der Waals surface area contributed by atoms with E-state index in [-0.39, 0.29) is 0 Å². The van der Waals surface area contributed by atoms with Crippen molar-refractivity contribution < 1.29 is 5.11 Å². The number of benzene rings is 1. The molecule has 14 heavy (non-hydrogen) atoms. The van der Waals surface area contributed by atoms with Crippen molar-refractivity contribution in [1.29, 1.82) is 0 Å². The largest absolute Gasteiger partial charge is 0.376 e. The van der Waals surface area contributed by atoms with Crippen LogP contribution < -0.4 is 0 Å². The maximum atomic E-state index is 9.80. The van der Waals surface area contributed by atoms with Crippen LogP contribution in [0.15, 0.2) is 24.3 Å². The minimum Gasteiger partial charge on any atom is -0.376 e. The van der Waals surface area contributed by atoms with Crippen LogP contribution in [-0.2, 0) is 0 Å².